The van der Waals surface area contributed by atoms with Crippen molar-refractivity contribution in [2.45, 2.75) is 63.6 Å². The summed E-state index contributed by atoms with van der Waals surface area (Å²) in [5.74, 6) is 0.642. The van der Waals surface area contributed by atoms with Crippen LogP contribution < -0.4 is 19.1 Å². The zero-order chi connectivity index (χ0) is 32.4. The summed E-state index contributed by atoms with van der Waals surface area (Å²) in [4.78, 5) is 29.6. The average Bonchev–Trinajstić information content (AvgIpc) is 3.54. The lowest BCUT2D eigenvalue weighted by molar-refractivity contribution is -0.141. The number of hydrogen-bond donors (Lipinski definition) is 1. The number of carbonyl (C=O) groups is 2. The molecular formula is C34H42ClN3O6S. The molecule has 0 unspecified atom stereocenters. The third-order valence-corrected chi connectivity index (χ3v) is 9.52. The summed E-state index contributed by atoms with van der Waals surface area (Å²) in [7, 11) is -0.616. The molecule has 0 radical (unpaired) electrons. The van der Waals surface area contributed by atoms with Crippen LogP contribution in [0.3, 0.4) is 0 Å². The van der Waals surface area contributed by atoms with Crippen LogP contribution in [0.25, 0.3) is 0 Å². The van der Waals surface area contributed by atoms with E-state index in [-0.39, 0.29) is 48.8 Å². The molecule has 1 atom stereocenters. The molecule has 4 rings (SSSR count). The van der Waals surface area contributed by atoms with Crippen LogP contribution >= 0.6 is 11.6 Å². The Balaban J connectivity index is 1.60. The van der Waals surface area contributed by atoms with E-state index in [0.717, 1.165) is 43.1 Å². The molecule has 1 saturated carbocycles. The fraction of sp³-hybridized carbons (Fsp3) is 0.412. The highest BCUT2D eigenvalue weighted by molar-refractivity contribution is 7.92. The van der Waals surface area contributed by atoms with E-state index in [1.54, 1.807) is 24.1 Å². The van der Waals surface area contributed by atoms with Crippen molar-refractivity contribution in [3.05, 3.63) is 88.9 Å². The van der Waals surface area contributed by atoms with E-state index in [2.05, 4.69) is 5.32 Å². The average molecular weight is 656 g/mol. The Hall–Kier alpha value is -3.76. The monoisotopic (exact) mass is 655 g/mol. The summed E-state index contributed by atoms with van der Waals surface area (Å²) in [6.07, 6.45) is 5.69. The number of amides is 2. The molecule has 3 aromatic carbocycles. The van der Waals surface area contributed by atoms with Crippen molar-refractivity contribution < 1.29 is 27.5 Å². The van der Waals surface area contributed by atoms with Gasteiger partial charge in [-0.2, -0.15) is 0 Å². The van der Waals surface area contributed by atoms with Crippen LogP contribution in [-0.4, -0.2) is 64.2 Å². The molecule has 3 aromatic rings. The molecule has 1 N–H and O–H groups in total. The minimum Gasteiger partial charge on any atom is -0.497 e. The van der Waals surface area contributed by atoms with Crippen LogP contribution in [0.4, 0.5) is 5.69 Å². The highest BCUT2D eigenvalue weighted by Crippen LogP contribution is 2.30. The topological polar surface area (TPSA) is 105 Å². The summed E-state index contributed by atoms with van der Waals surface area (Å²) < 4.78 is 37.4. The van der Waals surface area contributed by atoms with E-state index >= 15 is 0 Å². The van der Waals surface area contributed by atoms with Crippen LogP contribution in [0.1, 0.15) is 49.7 Å². The van der Waals surface area contributed by atoms with Gasteiger partial charge >= 0.3 is 0 Å². The number of halogens is 1. The van der Waals surface area contributed by atoms with Crippen LogP contribution in [-0.2, 0) is 32.6 Å². The smallest absolute Gasteiger partial charge is 0.243 e. The number of rotatable bonds is 15. The molecule has 0 spiro atoms. The van der Waals surface area contributed by atoms with Gasteiger partial charge in [0.1, 0.15) is 17.5 Å². The molecule has 2 amide bonds. The fourth-order valence-corrected chi connectivity index (χ4v) is 6.91. The standard InChI is InChI=1S/C34H42ClN3O6S/c1-43-29-16-9-13-26(21-29)24-37(31(22-25-11-5-4-6-12-25)34(40)36-27-14-7-8-15-27)33(39)17-10-20-38(45(3,41)42)28-18-19-32(44-2)30(35)23-28/h4-6,9,11-13,16,18-19,21,23,27,31H,7-8,10,14-15,17,20,22,24H2,1-3H3,(H,36,40)/t31-/m0/s1. The minimum atomic E-state index is -3.68. The fourth-order valence-electron chi connectivity index (χ4n) is 5.70. The van der Waals surface area contributed by atoms with Gasteiger partial charge in [0, 0.05) is 32.0 Å². The Labute approximate surface area is 271 Å². The molecule has 0 saturated heterocycles. The van der Waals surface area contributed by atoms with Crippen molar-refractivity contribution >= 4 is 39.1 Å². The highest BCUT2D eigenvalue weighted by atomic mass is 35.5. The largest absolute Gasteiger partial charge is 0.497 e. The highest BCUT2D eigenvalue weighted by Gasteiger charge is 2.32. The number of nitrogens with zero attached hydrogens (tertiary/aromatic N) is 2. The van der Waals surface area contributed by atoms with Crippen molar-refractivity contribution in [2.75, 3.05) is 31.3 Å². The number of sulfonamides is 1. The van der Waals surface area contributed by atoms with Crippen molar-refractivity contribution in [1.29, 1.82) is 0 Å². The number of hydrogen-bond acceptors (Lipinski definition) is 6. The number of nitrogens with one attached hydrogen (secondary N) is 1. The van der Waals surface area contributed by atoms with E-state index in [9.17, 15) is 18.0 Å². The van der Waals surface area contributed by atoms with Crippen LogP contribution in [0.2, 0.25) is 5.02 Å². The van der Waals surface area contributed by atoms with Crippen molar-refractivity contribution in [2.24, 2.45) is 0 Å². The number of anilines is 1. The maximum Gasteiger partial charge on any atom is 0.243 e. The molecule has 0 bridgehead atoms. The Morgan fingerprint density at radius 2 is 1.67 bits per heavy atom. The summed E-state index contributed by atoms with van der Waals surface area (Å²) in [6, 6.07) is 21.2. The third kappa shape index (κ3) is 9.61. The lowest BCUT2D eigenvalue weighted by Crippen LogP contribution is -2.52. The quantitative estimate of drug-likeness (QED) is 0.229. The second-order valence-corrected chi connectivity index (χ2v) is 13.6. The van der Waals surface area contributed by atoms with Gasteiger partial charge in [-0.15, -0.1) is 0 Å². The van der Waals surface area contributed by atoms with E-state index < -0.39 is 16.1 Å². The predicted molar refractivity (Wildman–Crippen MR) is 177 cm³/mol. The van der Waals surface area contributed by atoms with Gasteiger partial charge in [-0.25, -0.2) is 8.42 Å². The second-order valence-electron chi connectivity index (χ2n) is 11.3. The zero-order valence-electron chi connectivity index (χ0n) is 26.1. The van der Waals surface area contributed by atoms with Gasteiger partial charge in [-0.3, -0.25) is 13.9 Å². The Morgan fingerprint density at radius 3 is 2.31 bits per heavy atom. The van der Waals surface area contributed by atoms with Gasteiger partial charge in [-0.05, 0) is 60.7 Å². The normalized spacial score (nSPS) is 14.0. The number of methoxy groups -OCH3 is 2. The minimum absolute atomic E-state index is 0.0296. The first kappa shape index (κ1) is 34.1. The molecule has 242 valence electrons. The second kappa shape index (κ2) is 16.0. The van der Waals surface area contributed by atoms with Crippen LogP contribution in [0.15, 0.2) is 72.8 Å². The molecule has 45 heavy (non-hydrogen) atoms. The molecule has 9 nitrogen and oxygen atoms in total. The number of benzene rings is 3. The summed E-state index contributed by atoms with van der Waals surface area (Å²) in [6.45, 7) is 0.243. The van der Waals surface area contributed by atoms with E-state index in [4.69, 9.17) is 21.1 Å². The Bertz CT molecular complexity index is 1550. The lowest BCUT2D eigenvalue weighted by atomic mass is 10.0. The third-order valence-electron chi connectivity index (χ3n) is 8.04. The maximum atomic E-state index is 14.1. The first-order valence-electron chi connectivity index (χ1n) is 15.2. The van der Waals surface area contributed by atoms with Gasteiger partial charge in [0.05, 0.1) is 31.2 Å². The van der Waals surface area contributed by atoms with E-state index in [1.165, 1.54) is 17.5 Å². The lowest BCUT2D eigenvalue weighted by Gasteiger charge is -2.33. The van der Waals surface area contributed by atoms with Gasteiger partial charge in [0.25, 0.3) is 0 Å². The molecule has 0 heterocycles. The molecular weight excluding hydrogens is 614 g/mol. The van der Waals surface area contributed by atoms with Gasteiger partial charge in [-0.1, -0.05) is 66.9 Å². The maximum absolute atomic E-state index is 14.1. The van der Waals surface area contributed by atoms with Gasteiger partial charge in [0.15, 0.2) is 0 Å². The SMILES string of the molecule is COc1cccc(CN(C(=O)CCCN(c2ccc(OC)c(Cl)c2)S(C)(=O)=O)[C@@H](Cc2ccccc2)C(=O)NC2CCCC2)c1. The number of carbonyl (C=O) groups excluding carboxylic acids is 2. The molecule has 0 aliphatic heterocycles. The molecule has 1 aliphatic carbocycles. The van der Waals surface area contributed by atoms with Crippen molar-refractivity contribution in [3.8, 4) is 11.5 Å². The van der Waals surface area contributed by atoms with Gasteiger partial charge in [0.2, 0.25) is 21.8 Å². The summed E-state index contributed by atoms with van der Waals surface area (Å²) in [5, 5.41) is 3.48. The Morgan fingerprint density at radius 1 is 0.956 bits per heavy atom. The number of ether oxygens (including phenoxy) is 2. The zero-order valence-corrected chi connectivity index (χ0v) is 27.6. The van der Waals surface area contributed by atoms with E-state index in [0.29, 0.717) is 23.6 Å². The Kier molecular flexibility index (Phi) is 12.1. The van der Waals surface area contributed by atoms with Crippen LogP contribution in [0.5, 0.6) is 11.5 Å². The molecule has 1 fully saturated rings. The molecule has 11 heteroatoms. The first-order valence-corrected chi connectivity index (χ1v) is 17.4. The van der Waals surface area contributed by atoms with Gasteiger partial charge < -0.3 is 19.7 Å². The molecule has 1 aliphatic rings. The summed E-state index contributed by atoms with van der Waals surface area (Å²) in [5.41, 5.74) is 2.13. The van der Waals surface area contributed by atoms with Crippen molar-refractivity contribution in [1.82, 2.24) is 10.2 Å². The van der Waals surface area contributed by atoms with Crippen molar-refractivity contribution in [3.63, 3.8) is 0 Å². The summed E-state index contributed by atoms with van der Waals surface area (Å²) >= 11 is 6.29. The predicted octanol–water partition coefficient (Wildman–Crippen LogP) is 5.60. The molecule has 0 aromatic heterocycles. The first-order chi connectivity index (χ1) is 21.6. The van der Waals surface area contributed by atoms with E-state index in [1.807, 2.05) is 54.6 Å². The van der Waals surface area contributed by atoms with Crippen LogP contribution in [0, 0.1) is 0 Å².